The lowest BCUT2D eigenvalue weighted by Gasteiger charge is -2.39. The first kappa shape index (κ1) is 16.2. The Bertz CT molecular complexity index is 742. The van der Waals surface area contributed by atoms with Crippen molar-refractivity contribution in [2.75, 3.05) is 18.0 Å². The van der Waals surface area contributed by atoms with Gasteiger partial charge in [-0.2, -0.15) is 0 Å². The van der Waals surface area contributed by atoms with Gasteiger partial charge in [0, 0.05) is 24.3 Å². The summed E-state index contributed by atoms with van der Waals surface area (Å²) in [7, 11) is 0. The summed E-state index contributed by atoms with van der Waals surface area (Å²) in [6.07, 6.45) is 0.876. The highest BCUT2D eigenvalue weighted by Crippen LogP contribution is 2.25. The van der Waals surface area contributed by atoms with Crippen molar-refractivity contribution in [1.82, 2.24) is 4.90 Å². The van der Waals surface area contributed by atoms with Gasteiger partial charge in [0.2, 0.25) is 5.91 Å². The zero-order valence-corrected chi connectivity index (χ0v) is 14.1. The van der Waals surface area contributed by atoms with Crippen molar-refractivity contribution in [3.63, 3.8) is 0 Å². The molecular weight excluding hydrogens is 300 g/mol. The first-order valence-electron chi connectivity index (χ1n) is 8.38. The number of aryl methyl sites for hydroxylation is 1. The van der Waals surface area contributed by atoms with Crippen LogP contribution in [-0.2, 0) is 11.2 Å². The molecule has 1 atom stereocenters. The van der Waals surface area contributed by atoms with Crippen LogP contribution in [0.5, 0.6) is 0 Å². The molecule has 0 unspecified atom stereocenters. The van der Waals surface area contributed by atoms with Gasteiger partial charge in [-0.1, -0.05) is 43.3 Å². The van der Waals surface area contributed by atoms with Crippen molar-refractivity contribution < 1.29 is 9.59 Å². The molecule has 0 bridgehead atoms. The van der Waals surface area contributed by atoms with E-state index >= 15 is 0 Å². The number of nitrogens with zero attached hydrogens (tertiary/aromatic N) is 2. The Morgan fingerprint density at radius 1 is 1.04 bits per heavy atom. The molecule has 3 rings (SSSR count). The van der Waals surface area contributed by atoms with E-state index in [0.29, 0.717) is 18.7 Å². The Balaban J connectivity index is 1.83. The molecule has 1 aliphatic heterocycles. The molecule has 1 fully saturated rings. The molecular formula is C20H22N2O2. The monoisotopic (exact) mass is 322 g/mol. The first-order valence-corrected chi connectivity index (χ1v) is 8.38. The fourth-order valence-corrected chi connectivity index (χ4v) is 3.21. The van der Waals surface area contributed by atoms with Gasteiger partial charge in [-0.3, -0.25) is 9.59 Å². The molecule has 0 spiro atoms. The van der Waals surface area contributed by atoms with Crippen molar-refractivity contribution in [3.05, 3.63) is 65.7 Å². The number of carbonyl (C=O) groups excluding carboxylic acids is 2. The Morgan fingerprint density at radius 3 is 2.42 bits per heavy atom. The smallest absolute Gasteiger partial charge is 0.254 e. The summed E-state index contributed by atoms with van der Waals surface area (Å²) in [5, 5.41) is 0. The maximum absolute atomic E-state index is 12.9. The Morgan fingerprint density at radius 2 is 1.71 bits per heavy atom. The van der Waals surface area contributed by atoms with Crippen molar-refractivity contribution >= 4 is 17.5 Å². The third-order valence-corrected chi connectivity index (χ3v) is 4.60. The summed E-state index contributed by atoms with van der Waals surface area (Å²) in [5.74, 6) is -0.105. The summed E-state index contributed by atoms with van der Waals surface area (Å²) in [6.45, 7) is 4.96. The fourth-order valence-electron chi connectivity index (χ4n) is 3.21. The molecule has 0 N–H and O–H groups in total. The SMILES string of the molecule is CCc1ccccc1N1CCN(C(=O)c2ccccc2)[C@@H](C)C1=O. The molecule has 24 heavy (non-hydrogen) atoms. The molecule has 4 heteroatoms. The average Bonchev–Trinajstić information content (AvgIpc) is 2.64. The van der Waals surface area contributed by atoms with Gasteiger partial charge in [-0.05, 0) is 37.1 Å². The first-order chi connectivity index (χ1) is 11.6. The molecule has 2 aromatic rings. The lowest BCUT2D eigenvalue weighted by atomic mass is 10.1. The van der Waals surface area contributed by atoms with Crippen molar-refractivity contribution in [3.8, 4) is 0 Å². The standard InChI is InChI=1S/C20H22N2O2/c1-3-16-9-7-8-12-18(16)22-14-13-21(15(2)19(22)23)20(24)17-10-5-4-6-11-17/h4-12,15H,3,13-14H2,1-2H3/t15-/m0/s1. The van der Waals surface area contributed by atoms with Crippen LogP contribution in [-0.4, -0.2) is 35.8 Å². The molecule has 0 aromatic heterocycles. The minimum Gasteiger partial charge on any atom is -0.325 e. The highest BCUT2D eigenvalue weighted by molar-refractivity contribution is 6.03. The number of hydrogen-bond donors (Lipinski definition) is 0. The molecule has 4 nitrogen and oxygen atoms in total. The van der Waals surface area contributed by atoms with Gasteiger partial charge in [-0.25, -0.2) is 0 Å². The second kappa shape index (κ2) is 6.87. The Kier molecular flexibility index (Phi) is 4.65. The van der Waals surface area contributed by atoms with Gasteiger partial charge in [-0.15, -0.1) is 0 Å². The zero-order valence-electron chi connectivity index (χ0n) is 14.1. The molecule has 0 aliphatic carbocycles. The van der Waals surface area contributed by atoms with Crippen LogP contribution < -0.4 is 4.90 Å². The van der Waals surface area contributed by atoms with Crippen LogP contribution in [0.25, 0.3) is 0 Å². The van der Waals surface area contributed by atoms with Crippen molar-refractivity contribution in [2.45, 2.75) is 26.3 Å². The van der Waals surface area contributed by atoms with E-state index in [4.69, 9.17) is 0 Å². The number of anilines is 1. The van der Waals surface area contributed by atoms with E-state index < -0.39 is 6.04 Å². The van der Waals surface area contributed by atoms with Gasteiger partial charge in [0.15, 0.2) is 0 Å². The van der Waals surface area contributed by atoms with Crippen LogP contribution >= 0.6 is 0 Å². The van der Waals surface area contributed by atoms with Crippen LogP contribution in [0.2, 0.25) is 0 Å². The molecule has 1 saturated heterocycles. The van der Waals surface area contributed by atoms with Crippen LogP contribution in [0.15, 0.2) is 54.6 Å². The number of piperazine rings is 1. The van der Waals surface area contributed by atoms with Gasteiger partial charge < -0.3 is 9.80 Å². The molecule has 0 saturated carbocycles. The van der Waals surface area contributed by atoms with Crippen LogP contribution in [0.1, 0.15) is 29.8 Å². The third-order valence-electron chi connectivity index (χ3n) is 4.60. The normalized spacial score (nSPS) is 17.9. The minimum absolute atomic E-state index is 0.0218. The summed E-state index contributed by atoms with van der Waals surface area (Å²) >= 11 is 0. The van der Waals surface area contributed by atoms with Crippen LogP contribution in [0.4, 0.5) is 5.69 Å². The number of hydrogen-bond acceptors (Lipinski definition) is 2. The molecule has 124 valence electrons. The molecule has 1 aliphatic rings. The predicted molar refractivity (Wildman–Crippen MR) is 95.1 cm³/mol. The summed E-state index contributed by atoms with van der Waals surface area (Å²) in [5.41, 5.74) is 2.74. The van der Waals surface area contributed by atoms with Crippen LogP contribution in [0, 0.1) is 0 Å². The van der Waals surface area contributed by atoms with Gasteiger partial charge in [0.25, 0.3) is 5.91 Å². The van der Waals surface area contributed by atoms with E-state index in [1.165, 1.54) is 0 Å². The lowest BCUT2D eigenvalue weighted by molar-refractivity contribution is -0.124. The quantitative estimate of drug-likeness (QED) is 0.871. The zero-order chi connectivity index (χ0) is 17.1. The number of para-hydroxylation sites is 1. The van der Waals surface area contributed by atoms with E-state index in [9.17, 15) is 9.59 Å². The van der Waals surface area contributed by atoms with E-state index in [1.54, 1.807) is 17.0 Å². The van der Waals surface area contributed by atoms with Crippen molar-refractivity contribution in [1.29, 1.82) is 0 Å². The van der Waals surface area contributed by atoms with Crippen LogP contribution in [0.3, 0.4) is 0 Å². The molecule has 0 radical (unpaired) electrons. The lowest BCUT2D eigenvalue weighted by Crippen LogP contribution is -2.58. The predicted octanol–water partition coefficient (Wildman–Crippen LogP) is 3.13. The average molecular weight is 322 g/mol. The minimum atomic E-state index is -0.462. The molecule has 1 heterocycles. The maximum atomic E-state index is 12.9. The summed E-state index contributed by atoms with van der Waals surface area (Å²) < 4.78 is 0. The van der Waals surface area contributed by atoms with E-state index in [0.717, 1.165) is 17.7 Å². The number of carbonyl (C=O) groups is 2. The maximum Gasteiger partial charge on any atom is 0.254 e. The summed E-state index contributed by atoms with van der Waals surface area (Å²) in [6, 6.07) is 16.7. The molecule has 2 aromatic carbocycles. The highest BCUT2D eigenvalue weighted by Gasteiger charge is 2.35. The number of rotatable bonds is 3. The fraction of sp³-hybridized carbons (Fsp3) is 0.300. The van der Waals surface area contributed by atoms with E-state index in [-0.39, 0.29) is 11.8 Å². The van der Waals surface area contributed by atoms with E-state index in [1.807, 2.05) is 48.2 Å². The second-order valence-electron chi connectivity index (χ2n) is 6.01. The highest BCUT2D eigenvalue weighted by atomic mass is 16.2. The largest absolute Gasteiger partial charge is 0.325 e. The number of amides is 2. The van der Waals surface area contributed by atoms with Gasteiger partial charge >= 0.3 is 0 Å². The Hall–Kier alpha value is -2.62. The van der Waals surface area contributed by atoms with Crippen molar-refractivity contribution in [2.24, 2.45) is 0 Å². The second-order valence-corrected chi connectivity index (χ2v) is 6.01. The topological polar surface area (TPSA) is 40.6 Å². The van der Waals surface area contributed by atoms with Gasteiger partial charge in [0.1, 0.15) is 6.04 Å². The van der Waals surface area contributed by atoms with Gasteiger partial charge in [0.05, 0.1) is 0 Å². The van der Waals surface area contributed by atoms with E-state index in [2.05, 4.69) is 13.0 Å². The summed E-state index contributed by atoms with van der Waals surface area (Å²) in [4.78, 5) is 29.0. The molecule has 2 amide bonds. The Labute approximate surface area is 142 Å². The number of benzene rings is 2. The third kappa shape index (κ3) is 2.92.